The molecule has 0 bridgehead atoms. The highest BCUT2D eigenvalue weighted by molar-refractivity contribution is 9.11. The number of hydrogen-bond donors (Lipinski definition) is 2. The number of amides is 1. The van der Waals surface area contributed by atoms with Gasteiger partial charge in [-0.3, -0.25) is 4.79 Å². The first kappa shape index (κ1) is 19.9. The first-order chi connectivity index (χ1) is 11.8. The fourth-order valence-corrected chi connectivity index (χ4v) is 4.49. The van der Waals surface area contributed by atoms with E-state index in [-0.39, 0.29) is 23.8 Å². The van der Waals surface area contributed by atoms with E-state index in [9.17, 15) is 13.2 Å². The van der Waals surface area contributed by atoms with Crippen LogP contribution in [0.3, 0.4) is 0 Å². The molecule has 2 rings (SSSR count). The zero-order valence-electron chi connectivity index (χ0n) is 13.3. The lowest BCUT2D eigenvalue weighted by Crippen LogP contribution is -2.28. The van der Waals surface area contributed by atoms with E-state index >= 15 is 0 Å². The van der Waals surface area contributed by atoms with Gasteiger partial charge in [-0.25, -0.2) is 13.1 Å². The molecule has 0 atom stereocenters. The third-order valence-electron chi connectivity index (χ3n) is 3.20. The van der Waals surface area contributed by atoms with E-state index in [2.05, 4.69) is 41.9 Å². The number of anilines is 1. The maximum atomic E-state index is 12.3. The molecule has 0 saturated heterocycles. The van der Waals surface area contributed by atoms with Crippen LogP contribution in [0.15, 0.2) is 56.3 Å². The summed E-state index contributed by atoms with van der Waals surface area (Å²) in [6.45, 7) is -0.0106. The third-order valence-corrected chi connectivity index (χ3v) is 6.15. The van der Waals surface area contributed by atoms with Gasteiger partial charge in [-0.15, -0.1) is 0 Å². The van der Waals surface area contributed by atoms with Crippen molar-refractivity contribution in [3.8, 4) is 5.75 Å². The molecule has 2 aromatic carbocycles. The van der Waals surface area contributed by atoms with Gasteiger partial charge < -0.3 is 10.1 Å². The average Bonchev–Trinajstić information content (AvgIpc) is 2.57. The first-order valence-corrected chi connectivity index (χ1v) is 10.3. The summed E-state index contributed by atoms with van der Waals surface area (Å²) in [4.78, 5) is 12.0. The molecule has 9 heteroatoms. The van der Waals surface area contributed by atoms with E-state index in [1.807, 2.05) is 0 Å². The molecular formula is C16H16Br2N2O4S. The molecule has 0 aliphatic carbocycles. The number of carbonyl (C=O) groups is 1. The summed E-state index contributed by atoms with van der Waals surface area (Å²) >= 11 is 6.45. The molecule has 25 heavy (non-hydrogen) atoms. The van der Waals surface area contributed by atoms with Gasteiger partial charge in [0.05, 0.1) is 12.0 Å². The van der Waals surface area contributed by atoms with E-state index in [0.717, 1.165) is 0 Å². The second kappa shape index (κ2) is 8.79. The molecule has 0 saturated carbocycles. The molecule has 0 aliphatic heterocycles. The molecule has 2 aromatic rings. The minimum absolute atomic E-state index is 0.0106. The van der Waals surface area contributed by atoms with Crippen LogP contribution in [-0.2, 0) is 14.8 Å². The summed E-state index contributed by atoms with van der Waals surface area (Å²) in [5.74, 6) is 0.395. The van der Waals surface area contributed by atoms with Gasteiger partial charge in [0, 0.05) is 27.6 Å². The summed E-state index contributed by atoms with van der Waals surface area (Å²) in [7, 11) is -2.16. The zero-order valence-corrected chi connectivity index (χ0v) is 17.2. The Balaban J connectivity index is 1.90. The zero-order chi connectivity index (χ0) is 18.4. The van der Waals surface area contributed by atoms with Crippen LogP contribution in [0.25, 0.3) is 0 Å². The second-order valence-corrected chi connectivity index (χ2v) is 8.50. The van der Waals surface area contributed by atoms with Crippen LogP contribution >= 0.6 is 31.9 Å². The van der Waals surface area contributed by atoms with Crippen LogP contribution in [0.5, 0.6) is 5.75 Å². The lowest BCUT2D eigenvalue weighted by Gasteiger charge is -2.09. The lowest BCUT2D eigenvalue weighted by molar-refractivity contribution is -0.116. The number of halogens is 2. The van der Waals surface area contributed by atoms with E-state index in [1.165, 1.54) is 6.07 Å². The SMILES string of the molecule is COc1ccc(NC(=O)CCNS(=O)(=O)c2cc(Br)ccc2Br)cc1. The van der Waals surface area contributed by atoms with Crippen molar-refractivity contribution in [1.82, 2.24) is 4.72 Å². The number of benzene rings is 2. The van der Waals surface area contributed by atoms with Crippen molar-refractivity contribution in [2.45, 2.75) is 11.3 Å². The molecule has 0 heterocycles. The number of sulfonamides is 1. The molecule has 0 aromatic heterocycles. The normalized spacial score (nSPS) is 11.2. The fourth-order valence-electron chi connectivity index (χ4n) is 1.96. The fraction of sp³-hybridized carbons (Fsp3) is 0.188. The number of rotatable bonds is 7. The van der Waals surface area contributed by atoms with Gasteiger partial charge >= 0.3 is 0 Å². The highest BCUT2D eigenvalue weighted by Gasteiger charge is 2.18. The topological polar surface area (TPSA) is 84.5 Å². The van der Waals surface area contributed by atoms with Gasteiger partial charge in [0.15, 0.2) is 0 Å². The van der Waals surface area contributed by atoms with Crippen LogP contribution in [-0.4, -0.2) is 28.0 Å². The van der Waals surface area contributed by atoms with Crippen molar-refractivity contribution >= 4 is 53.5 Å². The van der Waals surface area contributed by atoms with E-state index in [1.54, 1.807) is 43.5 Å². The Morgan fingerprint density at radius 1 is 1.12 bits per heavy atom. The van der Waals surface area contributed by atoms with Crippen molar-refractivity contribution in [3.05, 3.63) is 51.4 Å². The monoisotopic (exact) mass is 490 g/mol. The van der Waals surface area contributed by atoms with Gasteiger partial charge in [0.2, 0.25) is 15.9 Å². The summed E-state index contributed by atoms with van der Waals surface area (Å²) in [6.07, 6.45) is 0.0108. The minimum Gasteiger partial charge on any atom is -0.497 e. The number of methoxy groups -OCH3 is 1. The maximum absolute atomic E-state index is 12.3. The molecule has 0 aliphatic rings. The number of hydrogen-bond acceptors (Lipinski definition) is 4. The predicted molar refractivity (Wildman–Crippen MR) is 103 cm³/mol. The Hall–Kier alpha value is -1.42. The van der Waals surface area contributed by atoms with Gasteiger partial charge in [-0.2, -0.15) is 0 Å². The molecule has 134 valence electrons. The summed E-state index contributed by atoms with van der Waals surface area (Å²) in [5, 5.41) is 2.69. The molecule has 0 spiro atoms. The van der Waals surface area contributed by atoms with Gasteiger partial charge in [0.1, 0.15) is 5.75 Å². The molecule has 1 amide bonds. The van der Waals surface area contributed by atoms with Crippen molar-refractivity contribution in [3.63, 3.8) is 0 Å². The largest absolute Gasteiger partial charge is 0.497 e. The summed E-state index contributed by atoms with van der Waals surface area (Å²) < 4.78 is 33.2. The van der Waals surface area contributed by atoms with Gasteiger partial charge in [-0.1, -0.05) is 15.9 Å². The number of carbonyl (C=O) groups excluding carboxylic acids is 1. The standard InChI is InChI=1S/C16H16Br2N2O4S/c1-24-13-5-3-12(4-6-13)20-16(21)8-9-19-25(22,23)15-10-11(17)2-7-14(15)18/h2-7,10,19H,8-9H2,1H3,(H,20,21). The average molecular weight is 492 g/mol. The molecule has 0 unspecified atom stereocenters. The number of nitrogens with one attached hydrogen (secondary N) is 2. The van der Waals surface area contributed by atoms with Crippen LogP contribution in [0.2, 0.25) is 0 Å². The van der Waals surface area contributed by atoms with Crippen LogP contribution in [0, 0.1) is 0 Å². The number of ether oxygens (including phenoxy) is 1. The molecule has 0 fully saturated rings. The molecule has 6 nitrogen and oxygen atoms in total. The highest BCUT2D eigenvalue weighted by Crippen LogP contribution is 2.25. The van der Waals surface area contributed by atoms with Crippen molar-refractivity contribution < 1.29 is 17.9 Å². The molecule has 2 N–H and O–H groups in total. The lowest BCUT2D eigenvalue weighted by atomic mass is 10.3. The Bertz CT molecular complexity index is 855. The Kier molecular flexibility index (Phi) is 7.00. The second-order valence-electron chi connectivity index (χ2n) is 5.00. The molecular weight excluding hydrogens is 476 g/mol. The predicted octanol–water partition coefficient (Wildman–Crippen LogP) is 3.53. The van der Waals surface area contributed by atoms with E-state index in [0.29, 0.717) is 20.4 Å². The van der Waals surface area contributed by atoms with Gasteiger partial charge in [0.25, 0.3) is 0 Å². The quantitative estimate of drug-likeness (QED) is 0.620. The summed E-state index contributed by atoms with van der Waals surface area (Å²) in [6, 6.07) is 11.7. The van der Waals surface area contributed by atoms with Gasteiger partial charge in [-0.05, 0) is 58.4 Å². The Morgan fingerprint density at radius 3 is 2.44 bits per heavy atom. The van der Waals surface area contributed by atoms with Crippen molar-refractivity contribution in [2.24, 2.45) is 0 Å². The van der Waals surface area contributed by atoms with E-state index in [4.69, 9.17) is 4.74 Å². The van der Waals surface area contributed by atoms with Crippen molar-refractivity contribution in [1.29, 1.82) is 0 Å². The Labute approximate surface area is 163 Å². The first-order valence-electron chi connectivity index (χ1n) is 7.20. The van der Waals surface area contributed by atoms with Crippen LogP contribution in [0.4, 0.5) is 5.69 Å². The molecule has 0 radical (unpaired) electrons. The minimum atomic E-state index is -3.71. The van der Waals surface area contributed by atoms with Crippen molar-refractivity contribution in [2.75, 3.05) is 19.0 Å². The Morgan fingerprint density at radius 2 is 1.80 bits per heavy atom. The van der Waals surface area contributed by atoms with Crippen LogP contribution < -0.4 is 14.8 Å². The highest BCUT2D eigenvalue weighted by atomic mass is 79.9. The summed E-state index contributed by atoms with van der Waals surface area (Å²) in [5.41, 5.74) is 0.614. The maximum Gasteiger partial charge on any atom is 0.241 e. The van der Waals surface area contributed by atoms with E-state index < -0.39 is 10.0 Å². The smallest absolute Gasteiger partial charge is 0.241 e. The van der Waals surface area contributed by atoms with Crippen LogP contribution in [0.1, 0.15) is 6.42 Å². The third kappa shape index (κ3) is 5.81.